The van der Waals surface area contributed by atoms with Crippen LogP contribution < -0.4 is 11.0 Å². The summed E-state index contributed by atoms with van der Waals surface area (Å²) >= 11 is 0. The minimum Gasteiger partial charge on any atom is -0.456 e. The third-order valence-electron chi connectivity index (χ3n) is 4.07. The van der Waals surface area contributed by atoms with Crippen LogP contribution in [-0.2, 0) is 20.7 Å². The standard InChI is InChI=1S/C20H18N4O4/c21-11-14-4-1-5-15(9-14)22-18(25)12-28-19(26)6-2-3-13-7-8-16-17(10-13)24-20(27)23-16/h1,4-5,7-10H,2-3,6,12H2,(H,22,25)(H2,23,24,27). The number of nitrogens with one attached hydrogen (secondary N) is 3. The number of hydrogen-bond acceptors (Lipinski definition) is 5. The van der Waals surface area contributed by atoms with E-state index in [2.05, 4.69) is 15.3 Å². The lowest BCUT2D eigenvalue weighted by Gasteiger charge is -2.07. The molecule has 0 fully saturated rings. The van der Waals surface area contributed by atoms with E-state index in [1.54, 1.807) is 18.2 Å². The van der Waals surface area contributed by atoms with Crippen molar-refractivity contribution in [3.63, 3.8) is 0 Å². The maximum Gasteiger partial charge on any atom is 0.323 e. The summed E-state index contributed by atoms with van der Waals surface area (Å²) in [5.74, 6) is -0.928. The maximum absolute atomic E-state index is 11.8. The molecule has 0 aliphatic heterocycles. The van der Waals surface area contributed by atoms with Crippen LogP contribution in [0.2, 0.25) is 0 Å². The summed E-state index contributed by atoms with van der Waals surface area (Å²) in [5, 5.41) is 11.4. The number of esters is 1. The lowest BCUT2D eigenvalue weighted by atomic mass is 10.1. The Balaban J connectivity index is 1.40. The highest BCUT2D eigenvalue weighted by Gasteiger charge is 2.09. The van der Waals surface area contributed by atoms with Gasteiger partial charge in [0.1, 0.15) is 0 Å². The summed E-state index contributed by atoms with van der Waals surface area (Å²) < 4.78 is 4.98. The number of anilines is 1. The first-order chi connectivity index (χ1) is 13.5. The molecule has 0 spiro atoms. The monoisotopic (exact) mass is 378 g/mol. The van der Waals surface area contributed by atoms with Crippen molar-refractivity contribution >= 4 is 28.6 Å². The molecule has 0 saturated heterocycles. The number of benzene rings is 2. The molecule has 0 saturated carbocycles. The number of H-pyrrole nitrogens is 2. The van der Waals surface area contributed by atoms with Gasteiger partial charge in [0.2, 0.25) is 0 Å². The number of aromatic nitrogens is 2. The smallest absolute Gasteiger partial charge is 0.323 e. The van der Waals surface area contributed by atoms with Crippen LogP contribution in [0.1, 0.15) is 24.0 Å². The third-order valence-corrected chi connectivity index (χ3v) is 4.07. The zero-order valence-corrected chi connectivity index (χ0v) is 15.0. The first-order valence-corrected chi connectivity index (χ1v) is 8.70. The number of amides is 1. The van der Waals surface area contributed by atoms with Crippen molar-refractivity contribution in [1.29, 1.82) is 5.26 Å². The predicted molar refractivity (Wildman–Crippen MR) is 103 cm³/mol. The van der Waals surface area contributed by atoms with E-state index in [4.69, 9.17) is 10.00 Å². The molecule has 1 heterocycles. The molecule has 1 aromatic heterocycles. The third kappa shape index (κ3) is 5.08. The first kappa shape index (κ1) is 18.9. The van der Waals surface area contributed by atoms with Crippen molar-refractivity contribution < 1.29 is 14.3 Å². The van der Waals surface area contributed by atoms with Gasteiger partial charge in [0.05, 0.1) is 22.7 Å². The van der Waals surface area contributed by atoms with E-state index in [0.29, 0.717) is 24.1 Å². The van der Waals surface area contributed by atoms with Crippen molar-refractivity contribution in [1.82, 2.24) is 9.97 Å². The van der Waals surface area contributed by atoms with Gasteiger partial charge >= 0.3 is 11.7 Å². The molecule has 28 heavy (non-hydrogen) atoms. The minimum absolute atomic E-state index is 0.179. The van der Waals surface area contributed by atoms with Crippen LogP contribution in [-0.4, -0.2) is 28.5 Å². The van der Waals surface area contributed by atoms with E-state index >= 15 is 0 Å². The van der Waals surface area contributed by atoms with Crippen molar-refractivity contribution in [2.75, 3.05) is 11.9 Å². The quantitative estimate of drug-likeness (QED) is 0.543. The van der Waals surface area contributed by atoms with Crippen LogP contribution in [0.3, 0.4) is 0 Å². The number of aromatic amines is 2. The zero-order chi connectivity index (χ0) is 19.9. The number of rotatable bonds is 7. The van der Waals surface area contributed by atoms with Crippen LogP contribution in [0.15, 0.2) is 47.3 Å². The van der Waals surface area contributed by atoms with Crippen LogP contribution in [0.25, 0.3) is 11.0 Å². The van der Waals surface area contributed by atoms with Gasteiger partial charge in [-0.15, -0.1) is 0 Å². The molecular weight excluding hydrogens is 360 g/mol. The van der Waals surface area contributed by atoms with Gasteiger partial charge < -0.3 is 20.0 Å². The van der Waals surface area contributed by atoms with E-state index in [9.17, 15) is 14.4 Å². The average molecular weight is 378 g/mol. The Labute approximate surface area is 160 Å². The summed E-state index contributed by atoms with van der Waals surface area (Å²) in [6, 6.07) is 14.0. The van der Waals surface area contributed by atoms with E-state index < -0.39 is 11.9 Å². The van der Waals surface area contributed by atoms with E-state index in [-0.39, 0.29) is 18.7 Å². The highest BCUT2D eigenvalue weighted by Crippen LogP contribution is 2.13. The van der Waals surface area contributed by atoms with Gasteiger partial charge in [0.15, 0.2) is 6.61 Å². The highest BCUT2D eigenvalue weighted by molar-refractivity contribution is 5.92. The molecule has 1 amide bonds. The largest absolute Gasteiger partial charge is 0.456 e. The van der Waals surface area contributed by atoms with Crippen molar-refractivity contribution in [3.8, 4) is 6.07 Å². The predicted octanol–water partition coefficient (Wildman–Crippen LogP) is 2.23. The lowest BCUT2D eigenvalue weighted by Crippen LogP contribution is -2.20. The summed E-state index contributed by atoms with van der Waals surface area (Å²) in [4.78, 5) is 40.3. The van der Waals surface area contributed by atoms with Gasteiger partial charge in [-0.05, 0) is 48.7 Å². The number of aryl methyl sites for hydroxylation is 1. The summed E-state index contributed by atoms with van der Waals surface area (Å²) in [6.45, 7) is -0.383. The number of carbonyl (C=O) groups excluding carboxylic acids is 2. The molecule has 8 heteroatoms. The number of carbonyl (C=O) groups is 2. The molecule has 0 atom stereocenters. The number of imidazole rings is 1. The number of hydrogen-bond donors (Lipinski definition) is 3. The SMILES string of the molecule is N#Cc1cccc(NC(=O)COC(=O)CCCc2ccc3[nH]c(=O)[nH]c3c2)c1. The first-order valence-electron chi connectivity index (χ1n) is 8.70. The normalized spacial score (nSPS) is 10.4. The molecule has 0 radical (unpaired) electrons. The molecule has 3 rings (SSSR count). The molecule has 0 unspecified atom stereocenters. The molecule has 142 valence electrons. The second kappa shape index (κ2) is 8.68. The second-order valence-corrected chi connectivity index (χ2v) is 6.21. The summed E-state index contributed by atoms with van der Waals surface area (Å²) in [6.07, 6.45) is 1.38. The Kier molecular flexibility index (Phi) is 5.87. The molecule has 0 aliphatic rings. The number of nitrogens with zero attached hydrogens (tertiary/aromatic N) is 1. The molecular formula is C20H18N4O4. The average Bonchev–Trinajstić information content (AvgIpc) is 3.06. The van der Waals surface area contributed by atoms with Crippen molar-refractivity contribution in [2.45, 2.75) is 19.3 Å². The fraction of sp³-hybridized carbons (Fsp3) is 0.200. The molecule has 0 bridgehead atoms. The molecule has 2 aromatic carbocycles. The number of fused-ring (bicyclic) bond motifs is 1. The van der Waals surface area contributed by atoms with Gasteiger partial charge in [-0.1, -0.05) is 12.1 Å². The Morgan fingerprint density at radius 2 is 1.93 bits per heavy atom. The van der Waals surface area contributed by atoms with Crippen molar-refractivity contribution in [3.05, 3.63) is 64.1 Å². The lowest BCUT2D eigenvalue weighted by molar-refractivity contribution is -0.147. The van der Waals surface area contributed by atoms with Gasteiger partial charge in [-0.3, -0.25) is 9.59 Å². The Morgan fingerprint density at radius 1 is 1.11 bits per heavy atom. The summed E-state index contributed by atoms with van der Waals surface area (Å²) in [5.41, 5.74) is 3.09. The molecule has 8 nitrogen and oxygen atoms in total. The Morgan fingerprint density at radius 3 is 2.75 bits per heavy atom. The maximum atomic E-state index is 11.8. The van der Waals surface area contributed by atoms with E-state index in [0.717, 1.165) is 16.6 Å². The zero-order valence-electron chi connectivity index (χ0n) is 15.0. The molecule has 0 aliphatic carbocycles. The van der Waals surface area contributed by atoms with E-state index in [1.165, 1.54) is 6.07 Å². The van der Waals surface area contributed by atoms with Crippen LogP contribution in [0.4, 0.5) is 5.69 Å². The fourth-order valence-electron chi connectivity index (χ4n) is 2.75. The molecule has 3 N–H and O–H groups in total. The van der Waals surface area contributed by atoms with Gasteiger partial charge in [-0.25, -0.2) is 4.79 Å². The Hall–Kier alpha value is -3.86. The minimum atomic E-state index is -0.467. The van der Waals surface area contributed by atoms with Gasteiger partial charge in [0.25, 0.3) is 5.91 Å². The van der Waals surface area contributed by atoms with Crippen LogP contribution in [0.5, 0.6) is 0 Å². The highest BCUT2D eigenvalue weighted by atomic mass is 16.5. The van der Waals surface area contributed by atoms with Gasteiger partial charge in [-0.2, -0.15) is 5.26 Å². The van der Waals surface area contributed by atoms with Crippen LogP contribution in [0, 0.1) is 11.3 Å². The second-order valence-electron chi connectivity index (χ2n) is 6.21. The Bertz CT molecular complexity index is 1110. The fourth-order valence-corrected chi connectivity index (χ4v) is 2.75. The van der Waals surface area contributed by atoms with Crippen molar-refractivity contribution in [2.24, 2.45) is 0 Å². The number of ether oxygens (including phenoxy) is 1. The summed E-state index contributed by atoms with van der Waals surface area (Å²) in [7, 11) is 0. The number of nitriles is 1. The topological polar surface area (TPSA) is 128 Å². The van der Waals surface area contributed by atoms with E-state index in [1.807, 2.05) is 24.3 Å². The van der Waals surface area contributed by atoms with Gasteiger partial charge in [0, 0.05) is 12.1 Å². The molecule has 3 aromatic rings. The van der Waals surface area contributed by atoms with Crippen LogP contribution >= 0.6 is 0 Å².